The Balaban J connectivity index is 1.73. The van der Waals surface area contributed by atoms with Crippen LogP contribution in [0.4, 0.5) is 15.8 Å². The van der Waals surface area contributed by atoms with Crippen molar-refractivity contribution >= 4 is 34.8 Å². The Morgan fingerprint density at radius 1 is 0.857 bits per heavy atom. The van der Waals surface area contributed by atoms with Crippen molar-refractivity contribution in [1.29, 1.82) is 0 Å². The molecule has 0 heterocycles. The number of anilines is 2. The summed E-state index contributed by atoms with van der Waals surface area (Å²) in [6.45, 7) is 0. The second-order valence-corrected chi connectivity index (χ2v) is 6.25. The third-order valence-electron chi connectivity index (χ3n) is 3.90. The molecule has 0 fully saturated rings. The van der Waals surface area contributed by atoms with Crippen LogP contribution in [0.5, 0.6) is 5.75 Å². The molecule has 0 aliphatic rings. The molecule has 2 amide bonds. The van der Waals surface area contributed by atoms with E-state index in [1.807, 2.05) is 0 Å². The summed E-state index contributed by atoms with van der Waals surface area (Å²) >= 11 is 6.06. The summed E-state index contributed by atoms with van der Waals surface area (Å²) in [5.74, 6) is -0.694. The lowest BCUT2D eigenvalue weighted by Gasteiger charge is -2.09. The van der Waals surface area contributed by atoms with Crippen molar-refractivity contribution in [2.75, 3.05) is 17.7 Å². The van der Waals surface area contributed by atoms with Crippen molar-refractivity contribution in [3.63, 3.8) is 0 Å². The van der Waals surface area contributed by atoms with Crippen LogP contribution >= 0.6 is 11.6 Å². The molecule has 0 radical (unpaired) electrons. The number of benzene rings is 3. The van der Waals surface area contributed by atoms with Gasteiger partial charge in [-0.15, -0.1) is 0 Å². The van der Waals surface area contributed by atoms with Crippen LogP contribution in [-0.4, -0.2) is 18.9 Å². The number of amides is 2. The molecule has 0 saturated carbocycles. The molecule has 5 nitrogen and oxygen atoms in total. The van der Waals surface area contributed by atoms with E-state index in [1.54, 1.807) is 36.4 Å². The molecule has 3 rings (SSSR count). The fraction of sp³-hybridized carbons (Fsp3) is 0.0476. The van der Waals surface area contributed by atoms with Crippen LogP contribution in [-0.2, 0) is 0 Å². The standard InChI is InChI=1S/C21H16ClFN2O3/c1-28-19-10-9-17(12-18(19)22)25-21(27)14-4-2-3-13(11-14)20(26)24-16-7-5-15(23)6-8-16/h2-12H,1H3,(H,24,26)(H,25,27). The summed E-state index contributed by atoms with van der Waals surface area (Å²) in [6, 6.07) is 16.5. The first-order valence-corrected chi connectivity index (χ1v) is 8.66. The lowest BCUT2D eigenvalue weighted by Crippen LogP contribution is -2.15. The third kappa shape index (κ3) is 4.66. The van der Waals surface area contributed by atoms with Gasteiger partial charge >= 0.3 is 0 Å². The predicted molar refractivity (Wildman–Crippen MR) is 107 cm³/mol. The maximum Gasteiger partial charge on any atom is 0.255 e. The molecule has 0 spiro atoms. The van der Waals surface area contributed by atoms with Gasteiger partial charge in [0.2, 0.25) is 0 Å². The molecular weight excluding hydrogens is 383 g/mol. The number of carbonyl (C=O) groups excluding carboxylic acids is 2. The maximum atomic E-state index is 13.0. The van der Waals surface area contributed by atoms with E-state index in [0.29, 0.717) is 33.3 Å². The van der Waals surface area contributed by atoms with Crippen molar-refractivity contribution in [2.24, 2.45) is 0 Å². The lowest BCUT2D eigenvalue weighted by atomic mass is 10.1. The number of ether oxygens (including phenoxy) is 1. The third-order valence-corrected chi connectivity index (χ3v) is 4.19. The largest absolute Gasteiger partial charge is 0.495 e. The lowest BCUT2D eigenvalue weighted by molar-refractivity contribution is 0.102. The molecule has 0 atom stereocenters. The van der Waals surface area contributed by atoms with Crippen LogP contribution in [0.1, 0.15) is 20.7 Å². The van der Waals surface area contributed by atoms with Gasteiger partial charge in [0.1, 0.15) is 11.6 Å². The fourth-order valence-electron chi connectivity index (χ4n) is 2.49. The normalized spacial score (nSPS) is 10.2. The van der Waals surface area contributed by atoms with E-state index in [9.17, 15) is 14.0 Å². The molecule has 3 aromatic rings. The van der Waals surface area contributed by atoms with E-state index in [-0.39, 0.29) is 0 Å². The van der Waals surface area contributed by atoms with Gasteiger partial charge in [-0.1, -0.05) is 17.7 Å². The topological polar surface area (TPSA) is 67.4 Å². The first-order chi connectivity index (χ1) is 13.5. The van der Waals surface area contributed by atoms with Crippen LogP contribution in [0.25, 0.3) is 0 Å². The summed E-state index contributed by atoms with van der Waals surface area (Å²) in [5, 5.41) is 5.74. The van der Waals surface area contributed by atoms with Crippen LogP contribution < -0.4 is 15.4 Å². The van der Waals surface area contributed by atoms with E-state index >= 15 is 0 Å². The second kappa shape index (κ2) is 8.54. The monoisotopic (exact) mass is 398 g/mol. The van der Waals surface area contributed by atoms with E-state index in [0.717, 1.165) is 0 Å². The predicted octanol–water partition coefficient (Wildman–Crippen LogP) is 4.99. The Bertz CT molecular complexity index is 1020. The highest BCUT2D eigenvalue weighted by atomic mass is 35.5. The van der Waals surface area contributed by atoms with Crippen molar-refractivity contribution in [1.82, 2.24) is 0 Å². The van der Waals surface area contributed by atoms with Gasteiger partial charge in [0, 0.05) is 22.5 Å². The van der Waals surface area contributed by atoms with E-state index in [2.05, 4.69) is 10.6 Å². The molecule has 2 N–H and O–H groups in total. The zero-order chi connectivity index (χ0) is 20.1. The quantitative estimate of drug-likeness (QED) is 0.636. The smallest absolute Gasteiger partial charge is 0.255 e. The van der Waals surface area contributed by atoms with Gasteiger partial charge in [-0.2, -0.15) is 0 Å². The Morgan fingerprint density at radius 2 is 1.43 bits per heavy atom. The average molecular weight is 399 g/mol. The summed E-state index contributed by atoms with van der Waals surface area (Å²) < 4.78 is 18.0. The van der Waals surface area contributed by atoms with Gasteiger partial charge in [0.05, 0.1) is 12.1 Å². The number of methoxy groups -OCH3 is 1. The molecule has 0 aliphatic carbocycles. The summed E-state index contributed by atoms with van der Waals surface area (Å²) in [6.07, 6.45) is 0. The molecule has 142 valence electrons. The van der Waals surface area contributed by atoms with Gasteiger partial charge in [-0.05, 0) is 60.7 Å². The molecular formula is C21H16ClFN2O3. The molecule has 0 unspecified atom stereocenters. The van der Waals surface area contributed by atoms with Gasteiger partial charge in [0.15, 0.2) is 0 Å². The molecule has 3 aromatic carbocycles. The Labute approximate surface area is 166 Å². The van der Waals surface area contributed by atoms with Crippen molar-refractivity contribution in [3.05, 3.63) is 88.7 Å². The number of carbonyl (C=O) groups is 2. The minimum Gasteiger partial charge on any atom is -0.495 e. The molecule has 0 aliphatic heterocycles. The van der Waals surface area contributed by atoms with E-state index < -0.39 is 17.6 Å². The SMILES string of the molecule is COc1ccc(NC(=O)c2cccc(C(=O)Nc3ccc(F)cc3)c2)cc1Cl. The zero-order valence-electron chi connectivity index (χ0n) is 14.8. The highest BCUT2D eigenvalue weighted by molar-refractivity contribution is 6.32. The van der Waals surface area contributed by atoms with Gasteiger partial charge in [-0.3, -0.25) is 9.59 Å². The number of hydrogen-bond acceptors (Lipinski definition) is 3. The number of rotatable bonds is 5. The van der Waals surface area contributed by atoms with Gasteiger partial charge < -0.3 is 15.4 Å². The summed E-state index contributed by atoms with van der Waals surface area (Å²) in [7, 11) is 1.50. The van der Waals surface area contributed by atoms with Crippen LogP contribution in [0, 0.1) is 5.82 Å². The van der Waals surface area contributed by atoms with Crippen LogP contribution in [0.3, 0.4) is 0 Å². The molecule has 28 heavy (non-hydrogen) atoms. The summed E-state index contributed by atoms with van der Waals surface area (Å²) in [5.41, 5.74) is 1.55. The highest BCUT2D eigenvalue weighted by Crippen LogP contribution is 2.27. The zero-order valence-corrected chi connectivity index (χ0v) is 15.6. The van der Waals surface area contributed by atoms with Crippen LogP contribution in [0.15, 0.2) is 66.7 Å². The number of hydrogen-bond donors (Lipinski definition) is 2. The molecule has 7 heteroatoms. The number of halogens is 2. The average Bonchev–Trinajstić information content (AvgIpc) is 2.70. The van der Waals surface area contributed by atoms with Crippen molar-refractivity contribution in [2.45, 2.75) is 0 Å². The van der Waals surface area contributed by atoms with Gasteiger partial charge in [-0.25, -0.2) is 4.39 Å². The summed E-state index contributed by atoms with van der Waals surface area (Å²) in [4.78, 5) is 24.9. The Kier molecular flexibility index (Phi) is 5.91. The second-order valence-electron chi connectivity index (χ2n) is 5.85. The van der Waals surface area contributed by atoms with Crippen molar-refractivity contribution in [3.8, 4) is 5.75 Å². The van der Waals surface area contributed by atoms with Crippen LogP contribution in [0.2, 0.25) is 5.02 Å². The molecule has 0 saturated heterocycles. The highest BCUT2D eigenvalue weighted by Gasteiger charge is 2.12. The van der Waals surface area contributed by atoms with Gasteiger partial charge in [0.25, 0.3) is 11.8 Å². The first-order valence-electron chi connectivity index (χ1n) is 8.28. The minimum absolute atomic E-state index is 0.296. The van der Waals surface area contributed by atoms with E-state index in [4.69, 9.17) is 16.3 Å². The Hall–Kier alpha value is -3.38. The minimum atomic E-state index is -0.409. The van der Waals surface area contributed by atoms with E-state index in [1.165, 1.54) is 37.4 Å². The molecule has 0 bridgehead atoms. The Morgan fingerprint density at radius 3 is 2.00 bits per heavy atom. The maximum absolute atomic E-state index is 13.0. The fourth-order valence-corrected chi connectivity index (χ4v) is 2.74. The first kappa shape index (κ1) is 19.4. The van der Waals surface area contributed by atoms with Crippen molar-refractivity contribution < 1.29 is 18.7 Å². The number of nitrogens with one attached hydrogen (secondary N) is 2. The molecule has 0 aromatic heterocycles.